The van der Waals surface area contributed by atoms with Gasteiger partial charge in [-0.05, 0) is 36.5 Å². The number of nitrogens with one attached hydrogen (secondary N) is 1. The van der Waals surface area contributed by atoms with Gasteiger partial charge in [0.05, 0.1) is 23.6 Å². The largest absolute Gasteiger partial charge is 0.396 e. The molecule has 7 heteroatoms. The quantitative estimate of drug-likeness (QED) is 0.550. The molecule has 5 atom stereocenters. The number of aliphatic hydroxyl groups is 3. The summed E-state index contributed by atoms with van der Waals surface area (Å²) in [5.41, 5.74) is 3.41. The number of anilines is 1. The van der Waals surface area contributed by atoms with E-state index in [4.69, 9.17) is 0 Å². The molecule has 3 aromatic rings. The normalized spacial score (nSPS) is 29.3. The van der Waals surface area contributed by atoms with E-state index in [0.717, 1.165) is 29.7 Å². The Hall–Kier alpha value is -2.48. The molecule has 2 aromatic heterocycles. The van der Waals surface area contributed by atoms with Crippen molar-refractivity contribution in [2.45, 2.75) is 43.6 Å². The number of rotatable bonds is 4. The van der Waals surface area contributed by atoms with Gasteiger partial charge in [0.15, 0.2) is 0 Å². The highest BCUT2D eigenvalue weighted by atomic mass is 16.3. The summed E-state index contributed by atoms with van der Waals surface area (Å²) in [7, 11) is 0. The van der Waals surface area contributed by atoms with Gasteiger partial charge < -0.3 is 25.2 Å². The van der Waals surface area contributed by atoms with E-state index < -0.39 is 12.2 Å². The maximum atomic E-state index is 10.5. The number of hydrogen-bond acceptors (Lipinski definition) is 6. The third kappa shape index (κ3) is 2.70. The molecule has 5 rings (SSSR count). The van der Waals surface area contributed by atoms with Gasteiger partial charge in [-0.2, -0.15) is 0 Å². The van der Waals surface area contributed by atoms with E-state index >= 15 is 0 Å². The average Bonchev–Trinajstić information content (AvgIpc) is 3.40. The Bertz CT molecular complexity index is 1000. The van der Waals surface area contributed by atoms with Crippen molar-refractivity contribution in [2.75, 3.05) is 11.9 Å². The Balaban J connectivity index is 1.47. The molecule has 2 aliphatic carbocycles. The molecule has 1 fully saturated rings. The monoisotopic (exact) mass is 380 g/mol. The van der Waals surface area contributed by atoms with Crippen LogP contribution >= 0.6 is 0 Å². The van der Waals surface area contributed by atoms with E-state index in [1.807, 2.05) is 16.8 Å². The van der Waals surface area contributed by atoms with E-state index in [9.17, 15) is 15.3 Å². The minimum absolute atomic E-state index is 0.142. The summed E-state index contributed by atoms with van der Waals surface area (Å²) in [6, 6.07) is 10.3. The molecule has 0 saturated heterocycles. The second kappa shape index (κ2) is 6.84. The molecule has 2 heterocycles. The lowest BCUT2D eigenvalue weighted by Gasteiger charge is -2.19. The predicted octanol–water partition coefficient (Wildman–Crippen LogP) is 1.81. The smallest absolute Gasteiger partial charge is 0.145 e. The number of aromatic nitrogens is 3. The summed E-state index contributed by atoms with van der Waals surface area (Å²) in [4.78, 5) is 8.89. The van der Waals surface area contributed by atoms with Crippen molar-refractivity contribution in [3.05, 3.63) is 54.0 Å². The first-order valence-electron chi connectivity index (χ1n) is 9.80. The van der Waals surface area contributed by atoms with Gasteiger partial charge in [0, 0.05) is 18.7 Å². The van der Waals surface area contributed by atoms with E-state index in [1.54, 1.807) is 0 Å². The molecular weight excluding hydrogens is 356 g/mol. The summed E-state index contributed by atoms with van der Waals surface area (Å²) >= 11 is 0. The number of benzene rings is 1. The van der Waals surface area contributed by atoms with E-state index in [2.05, 4.69) is 39.6 Å². The maximum Gasteiger partial charge on any atom is 0.145 e. The fourth-order valence-electron chi connectivity index (χ4n) is 4.78. The van der Waals surface area contributed by atoms with Gasteiger partial charge in [0.2, 0.25) is 0 Å². The van der Waals surface area contributed by atoms with Crippen molar-refractivity contribution < 1.29 is 15.3 Å². The number of nitrogens with zero attached hydrogens (tertiary/aromatic N) is 3. The average molecular weight is 380 g/mol. The number of fused-ring (bicyclic) bond motifs is 2. The highest BCUT2D eigenvalue weighted by Gasteiger charge is 2.42. The molecule has 2 aliphatic rings. The lowest BCUT2D eigenvalue weighted by atomic mass is 10.1. The number of aryl methyl sites for hydroxylation is 1. The Morgan fingerprint density at radius 3 is 2.79 bits per heavy atom. The van der Waals surface area contributed by atoms with Gasteiger partial charge in [-0.15, -0.1) is 0 Å². The molecule has 0 unspecified atom stereocenters. The molecule has 0 amide bonds. The summed E-state index contributed by atoms with van der Waals surface area (Å²) in [6.07, 6.45) is 4.14. The number of aliphatic hydroxyl groups excluding tert-OH is 3. The van der Waals surface area contributed by atoms with Gasteiger partial charge in [0.1, 0.15) is 23.9 Å². The summed E-state index contributed by atoms with van der Waals surface area (Å²) in [5.74, 6) is 0.448. The lowest BCUT2D eigenvalue weighted by molar-refractivity contribution is -0.00365. The minimum atomic E-state index is -0.930. The van der Waals surface area contributed by atoms with E-state index in [0.29, 0.717) is 6.42 Å². The summed E-state index contributed by atoms with van der Waals surface area (Å²) in [5, 5.41) is 34.5. The molecule has 0 aliphatic heterocycles. The molecular formula is C21H24N4O3. The van der Waals surface area contributed by atoms with Crippen LogP contribution in [0.5, 0.6) is 0 Å². The fraction of sp³-hybridized carbons (Fsp3) is 0.429. The lowest BCUT2D eigenvalue weighted by Crippen LogP contribution is -2.30. The Kier molecular flexibility index (Phi) is 4.30. The van der Waals surface area contributed by atoms with Crippen LogP contribution in [0.25, 0.3) is 11.0 Å². The summed E-state index contributed by atoms with van der Waals surface area (Å²) in [6.45, 7) is -0.142. The molecule has 0 spiro atoms. The molecule has 0 radical (unpaired) electrons. The first-order chi connectivity index (χ1) is 13.7. The fourth-order valence-corrected chi connectivity index (χ4v) is 4.78. The summed E-state index contributed by atoms with van der Waals surface area (Å²) < 4.78 is 1.90. The molecule has 28 heavy (non-hydrogen) atoms. The van der Waals surface area contributed by atoms with E-state index in [1.165, 1.54) is 17.5 Å². The van der Waals surface area contributed by atoms with Crippen LogP contribution in [-0.2, 0) is 6.42 Å². The zero-order valence-corrected chi connectivity index (χ0v) is 15.4. The van der Waals surface area contributed by atoms with Crippen LogP contribution < -0.4 is 5.32 Å². The molecule has 0 bridgehead atoms. The van der Waals surface area contributed by atoms with Crippen LogP contribution in [0.4, 0.5) is 5.82 Å². The van der Waals surface area contributed by atoms with Crippen LogP contribution in [0.1, 0.15) is 36.1 Å². The maximum absolute atomic E-state index is 10.5. The van der Waals surface area contributed by atoms with Crippen LogP contribution in [0.2, 0.25) is 0 Å². The van der Waals surface area contributed by atoms with Gasteiger partial charge in [-0.25, -0.2) is 9.97 Å². The Labute approximate surface area is 162 Å². The van der Waals surface area contributed by atoms with Crippen LogP contribution in [-0.4, -0.2) is 48.7 Å². The predicted molar refractivity (Wildman–Crippen MR) is 105 cm³/mol. The third-order valence-electron chi connectivity index (χ3n) is 6.32. The zero-order chi connectivity index (χ0) is 19.3. The first-order valence-corrected chi connectivity index (χ1v) is 9.80. The highest BCUT2D eigenvalue weighted by molar-refractivity contribution is 5.87. The SMILES string of the molecule is OC[C@@H]1C[C@@H](n2ccc3c(N[C@H]4CCc5ccccc54)ncnc32)[C@H](O)[C@@H]1O. The van der Waals surface area contributed by atoms with Gasteiger partial charge >= 0.3 is 0 Å². The second-order valence-corrected chi connectivity index (χ2v) is 7.84. The molecule has 146 valence electrons. The number of hydrogen-bond donors (Lipinski definition) is 4. The molecule has 1 aromatic carbocycles. The molecule has 7 nitrogen and oxygen atoms in total. The van der Waals surface area contributed by atoms with Gasteiger partial charge in [0.25, 0.3) is 0 Å². The Morgan fingerprint density at radius 1 is 1.11 bits per heavy atom. The van der Waals surface area contributed by atoms with Crippen molar-refractivity contribution in [3.63, 3.8) is 0 Å². The molecule has 1 saturated carbocycles. The Morgan fingerprint density at radius 2 is 1.96 bits per heavy atom. The second-order valence-electron chi connectivity index (χ2n) is 7.84. The van der Waals surface area contributed by atoms with Crippen molar-refractivity contribution in [2.24, 2.45) is 5.92 Å². The van der Waals surface area contributed by atoms with Crippen molar-refractivity contribution in [3.8, 4) is 0 Å². The molecule has 4 N–H and O–H groups in total. The van der Waals surface area contributed by atoms with Gasteiger partial charge in [-0.1, -0.05) is 24.3 Å². The third-order valence-corrected chi connectivity index (χ3v) is 6.32. The van der Waals surface area contributed by atoms with Crippen molar-refractivity contribution >= 4 is 16.9 Å². The van der Waals surface area contributed by atoms with Crippen molar-refractivity contribution in [1.29, 1.82) is 0 Å². The minimum Gasteiger partial charge on any atom is -0.396 e. The van der Waals surface area contributed by atoms with Crippen LogP contribution in [0.3, 0.4) is 0 Å². The highest BCUT2D eigenvalue weighted by Crippen LogP contribution is 2.39. The first kappa shape index (κ1) is 17.6. The topological polar surface area (TPSA) is 103 Å². The van der Waals surface area contributed by atoms with E-state index in [-0.39, 0.29) is 24.6 Å². The zero-order valence-electron chi connectivity index (χ0n) is 15.4. The van der Waals surface area contributed by atoms with Gasteiger partial charge in [-0.3, -0.25) is 0 Å². The van der Waals surface area contributed by atoms with Crippen molar-refractivity contribution in [1.82, 2.24) is 14.5 Å². The van der Waals surface area contributed by atoms with Crippen LogP contribution in [0, 0.1) is 5.92 Å². The van der Waals surface area contributed by atoms with Crippen LogP contribution in [0.15, 0.2) is 42.9 Å². The standard InChI is InChI=1S/C21H24N4O3/c26-10-13-9-17(19(28)18(13)27)25-8-7-15-20(22-11-23-21(15)25)24-16-6-5-12-3-1-2-4-14(12)16/h1-4,7-8,11,13,16-19,26-28H,5-6,9-10H2,(H,22,23,24)/t13-,16-,17+,18+,19-/m0/s1.